The Hall–Kier alpha value is -0.440. The number of aliphatic hydroxyl groups excluding tert-OH is 2. The molecule has 0 heterocycles. The monoisotopic (exact) mass is 747 g/mol. The van der Waals surface area contributed by atoms with E-state index in [1.165, 1.54) is 189 Å². The topological polar surface area (TPSA) is 93.1 Å². The molecule has 0 aliphatic heterocycles. The zero-order valence-electron chi connectivity index (χ0n) is 33.0. The Bertz CT molecular complexity index is 652. The standard InChI is InChI=1S/C42H82O6S2/c1-3-5-7-9-11-13-15-17-19-21-23-25-27-29-31-33-41(45)47-35-39(43)37-49-50-38-40(44)36-48-42(46)34-32-30-28-26-24-22-20-18-16-14-12-10-8-6-4-2/h39-40,43-44H,3-38H2,1-2H3. The quantitative estimate of drug-likeness (QED) is 0.0363. The summed E-state index contributed by atoms with van der Waals surface area (Å²) in [5.41, 5.74) is 0. The number of unbranched alkanes of at least 4 members (excludes halogenated alkanes) is 28. The van der Waals surface area contributed by atoms with Gasteiger partial charge in [0.25, 0.3) is 0 Å². The van der Waals surface area contributed by atoms with Crippen LogP contribution in [0, 0.1) is 0 Å². The summed E-state index contributed by atoms with van der Waals surface area (Å²) in [6.45, 7) is 4.55. The average Bonchev–Trinajstić information content (AvgIpc) is 3.11. The van der Waals surface area contributed by atoms with Crippen molar-refractivity contribution < 1.29 is 29.3 Å². The van der Waals surface area contributed by atoms with E-state index >= 15 is 0 Å². The lowest BCUT2D eigenvalue weighted by Crippen LogP contribution is -2.22. The van der Waals surface area contributed by atoms with Crippen LogP contribution in [0.15, 0.2) is 0 Å². The Morgan fingerprint density at radius 3 is 0.860 bits per heavy atom. The summed E-state index contributed by atoms with van der Waals surface area (Å²) in [5.74, 6) is 0.335. The number of hydrogen-bond donors (Lipinski definition) is 2. The van der Waals surface area contributed by atoms with Crippen LogP contribution in [0.4, 0.5) is 0 Å². The van der Waals surface area contributed by atoms with Crippen LogP contribution in [0.1, 0.15) is 219 Å². The predicted molar refractivity (Wildman–Crippen MR) is 218 cm³/mol. The first-order chi connectivity index (χ1) is 24.5. The van der Waals surface area contributed by atoms with Gasteiger partial charge in [0.15, 0.2) is 0 Å². The molecule has 2 N–H and O–H groups in total. The molecule has 0 aromatic rings. The maximum absolute atomic E-state index is 12.0. The number of carbonyl (C=O) groups excluding carboxylic acids is 2. The van der Waals surface area contributed by atoms with E-state index in [9.17, 15) is 19.8 Å². The van der Waals surface area contributed by atoms with Crippen LogP contribution in [0.3, 0.4) is 0 Å². The molecular weight excluding hydrogens is 665 g/mol. The molecule has 0 fully saturated rings. The molecule has 2 unspecified atom stereocenters. The fourth-order valence-corrected chi connectivity index (χ4v) is 8.37. The molecule has 0 rings (SSSR count). The molecule has 50 heavy (non-hydrogen) atoms. The molecule has 0 spiro atoms. The van der Waals surface area contributed by atoms with Gasteiger partial charge in [0.05, 0.1) is 12.2 Å². The smallest absolute Gasteiger partial charge is 0.305 e. The van der Waals surface area contributed by atoms with Crippen molar-refractivity contribution in [2.24, 2.45) is 0 Å². The van der Waals surface area contributed by atoms with Gasteiger partial charge in [-0.15, -0.1) is 0 Å². The molecule has 0 aromatic carbocycles. The highest BCUT2D eigenvalue weighted by Crippen LogP contribution is 2.23. The molecule has 0 saturated heterocycles. The van der Waals surface area contributed by atoms with Gasteiger partial charge >= 0.3 is 11.9 Å². The third-order valence-corrected chi connectivity index (χ3v) is 12.0. The minimum absolute atomic E-state index is 0.00457. The van der Waals surface area contributed by atoms with Crippen LogP contribution in [0.25, 0.3) is 0 Å². The fourth-order valence-electron chi connectivity index (χ4n) is 6.15. The Labute approximate surface area is 317 Å². The molecule has 0 amide bonds. The Morgan fingerprint density at radius 2 is 0.620 bits per heavy atom. The summed E-state index contributed by atoms with van der Waals surface area (Å²) in [6, 6.07) is 0. The first-order valence-corrected chi connectivity index (χ1v) is 23.9. The lowest BCUT2D eigenvalue weighted by molar-refractivity contribution is -0.147. The van der Waals surface area contributed by atoms with Crippen molar-refractivity contribution in [3.05, 3.63) is 0 Å². The van der Waals surface area contributed by atoms with Gasteiger partial charge in [0.1, 0.15) is 13.2 Å². The van der Waals surface area contributed by atoms with Crippen molar-refractivity contribution >= 4 is 33.5 Å². The second kappa shape index (κ2) is 41.3. The molecule has 2 atom stereocenters. The van der Waals surface area contributed by atoms with Crippen molar-refractivity contribution in [3.8, 4) is 0 Å². The molecule has 0 aliphatic rings. The largest absolute Gasteiger partial charge is 0.463 e. The summed E-state index contributed by atoms with van der Waals surface area (Å²) in [4.78, 5) is 24.0. The van der Waals surface area contributed by atoms with Gasteiger partial charge in [-0.25, -0.2) is 0 Å². The van der Waals surface area contributed by atoms with Crippen LogP contribution in [-0.4, -0.2) is 59.1 Å². The van der Waals surface area contributed by atoms with Crippen molar-refractivity contribution in [2.75, 3.05) is 24.7 Å². The molecule has 6 nitrogen and oxygen atoms in total. The molecule has 0 aliphatic carbocycles. The normalized spacial score (nSPS) is 12.6. The first-order valence-electron chi connectivity index (χ1n) is 21.4. The second-order valence-electron chi connectivity index (χ2n) is 14.6. The maximum Gasteiger partial charge on any atom is 0.305 e. The van der Waals surface area contributed by atoms with Gasteiger partial charge < -0.3 is 19.7 Å². The van der Waals surface area contributed by atoms with E-state index in [0.29, 0.717) is 24.3 Å². The highest BCUT2D eigenvalue weighted by molar-refractivity contribution is 8.76. The number of aliphatic hydroxyl groups is 2. The second-order valence-corrected chi connectivity index (χ2v) is 17.2. The van der Waals surface area contributed by atoms with E-state index in [0.717, 1.165) is 25.7 Å². The third kappa shape index (κ3) is 40.3. The molecule has 0 saturated carbocycles. The van der Waals surface area contributed by atoms with Crippen molar-refractivity contribution in [2.45, 2.75) is 232 Å². The fraction of sp³-hybridized carbons (Fsp3) is 0.952. The Balaban J connectivity index is 3.44. The van der Waals surface area contributed by atoms with Gasteiger partial charge in [-0.1, -0.05) is 215 Å². The third-order valence-electron chi connectivity index (χ3n) is 9.45. The molecule has 0 bridgehead atoms. The summed E-state index contributed by atoms with van der Waals surface area (Å²) in [5, 5.41) is 20.3. The van der Waals surface area contributed by atoms with E-state index < -0.39 is 12.2 Å². The first kappa shape index (κ1) is 49.6. The number of rotatable bonds is 41. The zero-order valence-corrected chi connectivity index (χ0v) is 34.6. The summed E-state index contributed by atoms with van der Waals surface area (Å²) < 4.78 is 10.5. The van der Waals surface area contributed by atoms with Gasteiger partial charge in [-0.2, -0.15) is 0 Å². The number of ether oxygens (including phenoxy) is 2. The van der Waals surface area contributed by atoms with E-state index in [-0.39, 0.29) is 25.2 Å². The van der Waals surface area contributed by atoms with E-state index in [4.69, 9.17) is 9.47 Å². The van der Waals surface area contributed by atoms with Crippen molar-refractivity contribution in [3.63, 3.8) is 0 Å². The summed E-state index contributed by atoms with van der Waals surface area (Å²) in [6.07, 6.45) is 38.2. The van der Waals surface area contributed by atoms with Crippen LogP contribution in [0.5, 0.6) is 0 Å². The van der Waals surface area contributed by atoms with Gasteiger partial charge in [0, 0.05) is 24.3 Å². The number of esters is 2. The van der Waals surface area contributed by atoms with Gasteiger partial charge in [-0.3, -0.25) is 9.59 Å². The van der Waals surface area contributed by atoms with Crippen LogP contribution in [-0.2, 0) is 19.1 Å². The highest BCUT2D eigenvalue weighted by Gasteiger charge is 2.12. The van der Waals surface area contributed by atoms with E-state index in [1.807, 2.05) is 0 Å². The summed E-state index contributed by atoms with van der Waals surface area (Å²) in [7, 11) is 2.84. The average molecular weight is 747 g/mol. The molecular formula is C42H82O6S2. The van der Waals surface area contributed by atoms with Gasteiger partial charge in [0.2, 0.25) is 0 Å². The molecule has 8 heteroatoms. The minimum Gasteiger partial charge on any atom is -0.463 e. The van der Waals surface area contributed by atoms with Crippen LogP contribution in [0.2, 0.25) is 0 Å². The number of carbonyl (C=O) groups is 2. The molecule has 298 valence electrons. The van der Waals surface area contributed by atoms with E-state index in [1.54, 1.807) is 0 Å². The molecule has 0 radical (unpaired) electrons. The minimum atomic E-state index is -0.734. The molecule has 0 aromatic heterocycles. The SMILES string of the molecule is CCCCCCCCCCCCCCCCCC(=O)OCC(O)CSSCC(O)COC(=O)CCCCCCCCCCCCCCCCC. The summed E-state index contributed by atoms with van der Waals surface area (Å²) >= 11 is 0. The lowest BCUT2D eigenvalue weighted by atomic mass is 10.0. The Kier molecular flexibility index (Phi) is 41.0. The number of hydrogen-bond acceptors (Lipinski definition) is 8. The van der Waals surface area contributed by atoms with Crippen molar-refractivity contribution in [1.29, 1.82) is 0 Å². The highest BCUT2D eigenvalue weighted by atomic mass is 33.1. The van der Waals surface area contributed by atoms with Gasteiger partial charge in [-0.05, 0) is 12.8 Å². The van der Waals surface area contributed by atoms with Crippen molar-refractivity contribution in [1.82, 2.24) is 0 Å². The van der Waals surface area contributed by atoms with Crippen LogP contribution < -0.4 is 0 Å². The van der Waals surface area contributed by atoms with E-state index in [2.05, 4.69) is 13.8 Å². The maximum atomic E-state index is 12.0. The Morgan fingerprint density at radius 1 is 0.400 bits per heavy atom. The zero-order chi connectivity index (χ0) is 36.6. The predicted octanol–water partition coefficient (Wildman–Crippen LogP) is 12.7. The lowest BCUT2D eigenvalue weighted by Gasteiger charge is -2.13. The van der Waals surface area contributed by atoms with Crippen LogP contribution >= 0.6 is 21.6 Å².